The summed E-state index contributed by atoms with van der Waals surface area (Å²) in [6.07, 6.45) is 1.69. The van der Waals surface area contributed by atoms with Gasteiger partial charge in [-0.3, -0.25) is 0 Å². The zero-order chi connectivity index (χ0) is 13.0. The van der Waals surface area contributed by atoms with Crippen LogP contribution < -0.4 is 11.1 Å². The minimum absolute atomic E-state index is 0.379. The number of rotatable bonds is 4. The van der Waals surface area contributed by atoms with Crippen LogP contribution in [0.2, 0.25) is 0 Å². The van der Waals surface area contributed by atoms with Crippen molar-refractivity contribution in [3.05, 3.63) is 58.2 Å². The Morgan fingerprint density at radius 3 is 2.67 bits per heavy atom. The molecule has 2 aromatic rings. The highest BCUT2D eigenvalue weighted by Crippen LogP contribution is 2.12. The van der Waals surface area contributed by atoms with Crippen LogP contribution in [0.15, 0.2) is 47.1 Å². The highest BCUT2D eigenvalue weighted by atomic mass is 79.9. The summed E-state index contributed by atoms with van der Waals surface area (Å²) >= 11 is 8.34. The van der Waals surface area contributed by atoms with Crippen molar-refractivity contribution in [2.45, 2.75) is 6.54 Å². The van der Waals surface area contributed by atoms with E-state index in [1.165, 1.54) is 5.56 Å². The lowest BCUT2D eigenvalue weighted by atomic mass is 10.2. The lowest BCUT2D eigenvalue weighted by Gasteiger charge is -2.07. The zero-order valence-electron chi connectivity index (χ0n) is 9.56. The molecule has 5 heteroatoms. The fourth-order valence-electron chi connectivity index (χ4n) is 1.48. The number of anilines is 1. The summed E-state index contributed by atoms with van der Waals surface area (Å²) in [5.74, 6) is 0.767. The van der Waals surface area contributed by atoms with Gasteiger partial charge in [-0.25, -0.2) is 4.98 Å². The maximum atomic E-state index is 5.58. The summed E-state index contributed by atoms with van der Waals surface area (Å²) in [5.41, 5.74) is 7.58. The smallest absolute Gasteiger partial charge is 0.126 e. The maximum absolute atomic E-state index is 5.58. The van der Waals surface area contributed by atoms with Gasteiger partial charge in [0.25, 0.3) is 0 Å². The second-order valence-electron chi connectivity index (χ2n) is 3.77. The Labute approximate surface area is 120 Å². The van der Waals surface area contributed by atoms with Gasteiger partial charge in [-0.1, -0.05) is 40.3 Å². The van der Waals surface area contributed by atoms with Gasteiger partial charge >= 0.3 is 0 Å². The minimum atomic E-state index is 0.379. The molecule has 0 aliphatic carbocycles. The third-order valence-electron chi connectivity index (χ3n) is 2.43. The average Bonchev–Trinajstić information content (AvgIpc) is 2.38. The van der Waals surface area contributed by atoms with Crippen molar-refractivity contribution in [3.8, 4) is 0 Å². The summed E-state index contributed by atoms with van der Waals surface area (Å²) in [6, 6.07) is 11.8. The van der Waals surface area contributed by atoms with E-state index in [1.54, 1.807) is 12.3 Å². The van der Waals surface area contributed by atoms with Gasteiger partial charge in [0.2, 0.25) is 0 Å². The summed E-state index contributed by atoms with van der Waals surface area (Å²) in [5, 5.41) is 3.23. The van der Waals surface area contributed by atoms with Crippen molar-refractivity contribution >= 4 is 39.0 Å². The standard InChI is InChI=1S/C13H12BrN3S/c14-11-3-1-9(2-4-11)8-17-12-7-10(13(15)18)5-6-16-12/h1-7H,8H2,(H2,15,18)(H,16,17). The van der Waals surface area contributed by atoms with E-state index in [0.717, 1.165) is 15.9 Å². The molecule has 0 spiro atoms. The van der Waals surface area contributed by atoms with Crippen LogP contribution >= 0.6 is 28.1 Å². The fraction of sp³-hybridized carbons (Fsp3) is 0.0769. The number of nitrogens with two attached hydrogens (primary N) is 1. The van der Waals surface area contributed by atoms with Crippen LogP contribution in [0.5, 0.6) is 0 Å². The van der Waals surface area contributed by atoms with Crippen molar-refractivity contribution in [1.29, 1.82) is 0 Å². The van der Waals surface area contributed by atoms with Gasteiger partial charge in [-0.15, -0.1) is 0 Å². The molecule has 1 heterocycles. The molecule has 0 atom stereocenters. The molecule has 0 bridgehead atoms. The van der Waals surface area contributed by atoms with Crippen LogP contribution in [0.1, 0.15) is 11.1 Å². The molecule has 0 amide bonds. The van der Waals surface area contributed by atoms with Crippen LogP contribution in [-0.2, 0) is 6.54 Å². The van der Waals surface area contributed by atoms with E-state index < -0.39 is 0 Å². The van der Waals surface area contributed by atoms with Crippen LogP contribution in [0.3, 0.4) is 0 Å². The SMILES string of the molecule is NC(=S)c1ccnc(NCc2ccc(Br)cc2)c1. The van der Waals surface area contributed by atoms with Crippen LogP contribution in [0.25, 0.3) is 0 Å². The largest absolute Gasteiger partial charge is 0.389 e. The number of hydrogen-bond donors (Lipinski definition) is 2. The topological polar surface area (TPSA) is 50.9 Å². The normalized spacial score (nSPS) is 10.1. The van der Waals surface area contributed by atoms with Crippen molar-refractivity contribution in [2.24, 2.45) is 5.73 Å². The Morgan fingerprint density at radius 2 is 2.00 bits per heavy atom. The molecule has 92 valence electrons. The van der Waals surface area contributed by atoms with Crippen molar-refractivity contribution < 1.29 is 0 Å². The van der Waals surface area contributed by atoms with E-state index in [1.807, 2.05) is 18.2 Å². The van der Waals surface area contributed by atoms with Crippen molar-refractivity contribution in [2.75, 3.05) is 5.32 Å². The molecule has 0 aliphatic rings. The zero-order valence-corrected chi connectivity index (χ0v) is 12.0. The van der Waals surface area contributed by atoms with Crippen LogP contribution in [0, 0.1) is 0 Å². The average molecular weight is 322 g/mol. The Kier molecular flexibility index (Phi) is 4.28. The van der Waals surface area contributed by atoms with E-state index in [9.17, 15) is 0 Å². The van der Waals surface area contributed by atoms with Gasteiger partial charge in [0.1, 0.15) is 10.8 Å². The van der Waals surface area contributed by atoms with E-state index in [4.69, 9.17) is 18.0 Å². The van der Waals surface area contributed by atoms with Gasteiger partial charge in [-0.05, 0) is 29.8 Å². The summed E-state index contributed by atoms with van der Waals surface area (Å²) in [4.78, 5) is 4.60. The summed E-state index contributed by atoms with van der Waals surface area (Å²) in [6.45, 7) is 0.709. The van der Waals surface area contributed by atoms with Crippen molar-refractivity contribution in [3.63, 3.8) is 0 Å². The van der Waals surface area contributed by atoms with Gasteiger partial charge in [-0.2, -0.15) is 0 Å². The molecular formula is C13H12BrN3S. The number of hydrogen-bond acceptors (Lipinski definition) is 3. The van der Waals surface area contributed by atoms with Gasteiger partial charge in [0, 0.05) is 22.8 Å². The first-order valence-corrected chi connectivity index (χ1v) is 6.59. The second-order valence-corrected chi connectivity index (χ2v) is 5.13. The highest BCUT2D eigenvalue weighted by molar-refractivity contribution is 9.10. The van der Waals surface area contributed by atoms with Gasteiger partial charge in [0.05, 0.1) is 0 Å². The molecule has 1 aromatic carbocycles. The molecule has 18 heavy (non-hydrogen) atoms. The molecule has 2 rings (SSSR count). The number of nitrogens with one attached hydrogen (secondary N) is 1. The fourth-order valence-corrected chi connectivity index (χ4v) is 1.87. The molecule has 0 radical (unpaired) electrons. The number of nitrogens with zero attached hydrogens (tertiary/aromatic N) is 1. The van der Waals surface area contributed by atoms with Crippen LogP contribution in [0.4, 0.5) is 5.82 Å². The molecule has 1 aromatic heterocycles. The number of pyridine rings is 1. The molecule has 0 saturated heterocycles. The highest BCUT2D eigenvalue weighted by Gasteiger charge is 1.99. The number of thiocarbonyl (C=S) groups is 1. The molecular weight excluding hydrogens is 310 g/mol. The quantitative estimate of drug-likeness (QED) is 0.850. The van der Waals surface area contributed by atoms with Crippen LogP contribution in [-0.4, -0.2) is 9.97 Å². The monoisotopic (exact) mass is 321 g/mol. The number of benzene rings is 1. The first kappa shape index (κ1) is 13.0. The third-order valence-corrected chi connectivity index (χ3v) is 3.20. The molecule has 0 fully saturated rings. The lowest BCUT2D eigenvalue weighted by Crippen LogP contribution is -2.10. The molecule has 3 nitrogen and oxygen atoms in total. The number of halogens is 1. The molecule has 3 N–H and O–H groups in total. The van der Waals surface area contributed by atoms with Gasteiger partial charge in [0.15, 0.2) is 0 Å². The molecule has 0 saturated carbocycles. The van der Waals surface area contributed by atoms with E-state index in [0.29, 0.717) is 11.5 Å². The first-order chi connectivity index (χ1) is 8.65. The Bertz CT molecular complexity index is 554. The van der Waals surface area contributed by atoms with E-state index >= 15 is 0 Å². The van der Waals surface area contributed by atoms with Gasteiger partial charge < -0.3 is 11.1 Å². The maximum Gasteiger partial charge on any atom is 0.126 e. The van der Waals surface area contributed by atoms with E-state index in [-0.39, 0.29) is 0 Å². The lowest BCUT2D eigenvalue weighted by molar-refractivity contribution is 1.11. The molecule has 0 aliphatic heterocycles. The Hall–Kier alpha value is -1.46. The summed E-state index contributed by atoms with van der Waals surface area (Å²) < 4.78 is 1.07. The first-order valence-electron chi connectivity index (χ1n) is 5.39. The third kappa shape index (κ3) is 3.51. The number of aromatic nitrogens is 1. The Morgan fingerprint density at radius 1 is 1.28 bits per heavy atom. The predicted octanol–water partition coefficient (Wildman–Crippen LogP) is 3.09. The van der Waals surface area contributed by atoms with E-state index in [2.05, 4.69) is 38.4 Å². The Balaban J connectivity index is 2.04. The predicted molar refractivity (Wildman–Crippen MR) is 81.6 cm³/mol. The van der Waals surface area contributed by atoms with Crippen molar-refractivity contribution in [1.82, 2.24) is 4.98 Å². The second kappa shape index (κ2) is 5.93. The molecule has 0 unspecified atom stereocenters. The summed E-state index contributed by atoms with van der Waals surface area (Å²) in [7, 11) is 0. The minimum Gasteiger partial charge on any atom is -0.389 e.